The van der Waals surface area contributed by atoms with Crippen molar-refractivity contribution in [3.63, 3.8) is 0 Å². The number of benzene rings is 1. The third kappa shape index (κ3) is 4.12. The van der Waals surface area contributed by atoms with E-state index >= 15 is 0 Å². The van der Waals surface area contributed by atoms with Crippen molar-refractivity contribution in [3.8, 4) is 5.75 Å². The number of rotatable bonds is 5. The zero-order chi connectivity index (χ0) is 18.5. The number of piperidine rings is 1. The van der Waals surface area contributed by atoms with E-state index in [1.807, 2.05) is 4.90 Å². The van der Waals surface area contributed by atoms with Gasteiger partial charge in [-0.3, -0.25) is 19.7 Å². The fourth-order valence-electron chi connectivity index (χ4n) is 3.55. The minimum absolute atomic E-state index is 0.0332. The smallest absolute Gasteiger partial charge is 0.273 e. The highest BCUT2D eigenvalue weighted by Gasteiger charge is 2.35. The maximum atomic E-state index is 12.7. The van der Waals surface area contributed by atoms with Gasteiger partial charge >= 0.3 is 0 Å². The van der Waals surface area contributed by atoms with Crippen LogP contribution in [0, 0.1) is 10.1 Å². The lowest BCUT2D eigenvalue weighted by Crippen LogP contribution is -2.53. The number of nitrogens with zero attached hydrogens (tertiary/aromatic N) is 3. The molecular weight excluding hydrogens is 338 g/mol. The summed E-state index contributed by atoms with van der Waals surface area (Å²) in [5.74, 6) is 0.0478. The third-order valence-electron chi connectivity index (χ3n) is 4.92. The first-order valence-corrected chi connectivity index (χ1v) is 9.02. The monoisotopic (exact) mass is 361 g/mol. The van der Waals surface area contributed by atoms with Crippen LogP contribution < -0.4 is 4.74 Å². The second-order valence-electron chi connectivity index (χ2n) is 6.67. The molecular formula is C18H23N3O5. The summed E-state index contributed by atoms with van der Waals surface area (Å²) in [4.78, 5) is 39.1. The van der Waals surface area contributed by atoms with Gasteiger partial charge in [0, 0.05) is 25.7 Å². The standard InChI is InChI=1S/C18H23N3O5/c22-17(13-26-15-7-5-6-14(12-15)21(24)25)20-11-2-1-8-16(20)18(23)19-9-3-4-10-19/h5-7,12,16H,1-4,8-11,13H2. The number of hydrogen-bond donors (Lipinski definition) is 0. The molecule has 1 aromatic rings. The van der Waals surface area contributed by atoms with E-state index < -0.39 is 11.0 Å². The lowest BCUT2D eigenvalue weighted by atomic mass is 10.0. The maximum Gasteiger partial charge on any atom is 0.273 e. The fraction of sp³-hybridized carbons (Fsp3) is 0.556. The van der Waals surface area contributed by atoms with E-state index in [1.165, 1.54) is 18.2 Å². The topological polar surface area (TPSA) is 93.0 Å². The molecule has 3 rings (SSSR count). The maximum absolute atomic E-state index is 12.7. The molecule has 2 aliphatic rings. The molecule has 0 N–H and O–H groups in total. The van der Waals surface area contributed by atoms with Gasteiger partial charge in [-0.1, -0.05) is 6.07 Å². The molecule has 0 aliphatic carbocycles. The van der Waals surface area contributed by atoms with Gasteiger partial charge in [0.15, 0.2) is 6.61 Å². The lowest BCUT2D eigenvalue weighted by Gasteiger charge is -2.36. The molecule has 2 fully saturated rings. The number of likely N-dealkylation sites (tertiary alicyclic amines) is 2. The Kier molecular flexibility index (Phi) is 5.70. The Bertz CT molecular complexity index is 687. The molecule has 1 unspecified atom stereocenters. The Hall–Kier alpha value is -2.64. The largest absolute Gasteiger partial charge is 0.484 e. The van der Waals surface area contributed by atoms with Gasteiger partial charge in [0.1, 0.15) is 11.8 Å². The van der Waals surface area contributed by atoms with E-state index in [1.54, 1.807) is 11.0 Å². The van der Waals surface area contributed by atoms with E-state index in [0.717, 1.165) is 38.8 Å². The summed E-state index contributed by atoms with van der Waals surface area (Å²) in [5.41, 5.74) is -0.0880. The predicted molar refractivity (Wildman–Crippen MR) is 93.8 cm³/mol. The molecule has 0 radical (unpaired) electrons. The van der Waals surface area contributed by atoms with E-state index in [9.17, 15) is 19.7 Å². The van der Waals surface area contributed by atoms with Gasteiger partial charge in [0.05, 0.1) is 11.0 Å². The number of hydrogen-bond acceptors (Lipinski definition) is 5. The molecule has 26 heavy (non-hydrogen) atoms. The first-order chi connectivity index (χ1) is 12.6. The highest BCUT2D eigenvalue weighted by molar-refractivity contribution is 5.88. The van der Waals surface area contributed by atoms with Crippen LogP contribution in [0.5, 0.6) is 5.75 Å². The van der Waals surface area contributed by atoms with E-state index in [-0.39, 0.29) is 29.9 Å². The molecule has 0 bridgehead atoms. The summed E-state index contributed by atoms with van der Waals surface area (Å²) in [5, 5.41) is 10.8. The zero-order valence-electron chi connectivity index (χ0n) is 14.6. The highest BCUT2D eigenvalue weighted by atomic mass is 16.6. The van der Waals surface area contributed by atoms with Crippen molar-refractivity contribution in [1.29, 1.82) is 0 Å². The van der Waals surface area contributed by atoms with Crippen LogP contribution in [0.4, 0.5) is 5.69 Å². The number of carbonyl (C=O) groups is 2. The molecule has 1 aromatic carbocycles. The number of carbonyl (C=O) groups excluding carboxylic acids is 2. The van der Waals surface area contributed by atoms with E-state index in [2.05, 4.69) is 0 Å². The van der Waals surface area contributed by atoms with E-state index in [4.69, 9.17) is 4.74 Å². The van der Waals surface area contributed by atoms with E-state index in [0.29, 0.717) is 13.0 Å². The first kappa shape index (κ1) is 18.2. The first-order valence-electron chi connectivity index (χ1n) is 9.02. The molecule has 140 valence electrons. The van der Waals surface area contributed by atoms with Gasteiger partial charge in [-0.15, -0.1) is 0 Å². The number of non-ortho nitro benzene ring substituents is 1. The van der Waals surface area contributed by atoms with Crippen molar-refractivity contribution < 1.29 is 19.2 Å². The van der Waals surface area contributed by atoms with Gasteiger partial charge in [0.25, 0.3) is 11.6 Å². The van der Waals surface area contributed by atoms with Gasteiger partial charge in [-0.05, 0) is 38.2 Å². The van der Waals surface area contributed by atoms with Crippen molar-refractivity contribution >= 4 is 17.5 Å². The van der Waals surface area contributed by atoms with Crippen molar-refractivity contribution in [1.82, 2.24) is 9.80 Å². The Labute approximate surface area is 151 Å². The van der Waals surface area contributed by atoms with Gasteiger partial charge < -0.3 is 14.5 Å². The van der Waals surface area contributed by atoms with Crippen LogP contribution >= 0.6 is 0 Å². The van der Waals surface area contributed by atoms with Gasteiger partial charge in [-0.2, -0.15) is 0 Å². The summed E-state index contributed by atoms with van der Waals surface area (Å²) in [6.07, 6.45) is 4.51. The molecule has 8 nitrogen and oxygen atoms in total. The van der Waals surface area contributed by atoms with Crippen molar-refractivity contribution in [2.75, 3.05) is 26.2 Å². The summed E-state index contributed by atoms with van der Waals surface area (Å²) in [7, 11) is 0. The van der Waals surface area contributed by atoms with Crippen LogP contribution in [0.1, 0.15) is 32.1 Å². The van der Waals surface area contributed by atoms with Crippen LogP contribution in [0.2, 0.25) is 0 Å². The average Bonchev–Trinajstić information content (AvgIpc) is 3.20. The quantitative estimate of drug-likeness (QED) is 0.590. The van der Waals surface area contributed by atoms with Crippen molar-refractivity contribution in [2.24, 2.45) is 0 Å². The van der Waals surface area contributed by atoms with Crippen LogP contribution in [0.25, 0.3) is 0 Å². The van der Waals surface area contributed by atoms with Crippen LogP contribution in [-0.2, 0) is 9.59 Å². The molecule has 8 heteroatoms. The zero-order valence-corrected chi connectivity index (χ0v) is 14.6. The minimum Gasteiger partial charge on any atom is -0.484 e. The Morgan fingerprint density at radius 1 is 1.15 bits per heavy atom. The highest BCUT2D eigenvalue weighted by Crippen LogP contribution is 2.23. The van der Waals surface area contributed by atoms with Crippen molar-refractivity contribution in [2.45, 2.75) is 38.1 Å². The van der Waals surface area contributed by atoms with Gasteiger partial charge in [-0.25, -0.2) is 0 Å². The van der Waals surface area contributed by atoms with Crippen molar-refractivity contribution in [3.05, 3.63) is 34.4 Å². The Morgan fingerprint density at radius 2 is 1.88 bits per heavy atom. The molecule has 2 amide bonds. The number of ether oxygens (including phenoxy) is 1. The van der Waals surface area contributed by atoms with Crippen LogP contribution in [-0.4, -0.2) is 58.8 Å². The van der Waals surface area contributed by atoms with Crippen LogP contribution in [0.15, 0.2) is 24.3 Å². The Morgan fingerprint density at radius 3 is 2.62 bits per heavy atom. The second-order valence-corrected chi connectivity index (χ2v) is 6.67. The SMILES string of the molecule is O=C(C1CCCCN1C(=O)COc1cccc([N+](=O)[O-])c1)N1CCCC1. The molecule has 2 saturated heterocycles. The number of amides is 2. The molecule has 2 heterocycles. The number of nitro groups is 1. The summed E-state index contributed by atoms with van der Waals surface area (Å²) < 4.78 is 5.44. The third-order valence-corrected chi connectivity index (χ3v) is 4.92. The molecule has 0 aromatic heterocycles. The summed E-state index contributed by atoms with van der Waals surface area (Å²) in [6.45, 7) is 1.84. The second kappa shape index (κ2) is 8.16. The normalized spacial score (nSPS) is 20.1. The number of nitro benzene ring substituents is 1. The fourth-order valence-corrected chi connectivity index (χ4v) is 3.55. The molecule has 1 atom stereocenters. The van der Waals surface area contributed by atoms with Crippen LogP contribution in [0.3, 0.4) is 0 Å². The minimum atomic E-state index is -0.510. The summed E-state index contributed by atoms with van der Waals surface area (Å²) in [6, 6.07) is 5.32. The molecule has 0 saturated carbocycles. The average molecular weight is 361 g/mol. The molecule has 2 aliphatic heterocycles. The lowest BCUT2D eigenvalue weighted by molar-refractivity contribution is -0.384. The Balaban J connectivity index is 1.62. The molecule has 0 spiro atoms. The van der Waals surface area contributed by atoms with Gasteiger partial charge in [0.2, 0.25) is 5.91 Å². The summed E-state index contributed by atoms with van der Waals surface area (Å²) >= 11 is 0. The predicted octanol–water partition coefficient (Wildman–Crippen LogP) is 1.98.